The number of hydrogen-bond acceptors (Lipinski definition) is 2. The molecule has 1 aliphatic carbocycles. The van der Waals surface area contributed by atoms with E-state index in [0.29, 0.717) is 6.04 Å². The average Bonchev–Trinajstić information content (AvgIpc) is 2.86. The topological polar surface area (TPSA) is 15.3 Å². The van der Waals surface area contributed by atoms with Gasteiger partial charge < -0.3 is 5.32 Å². The minimum absolute atomic E-state index is 0.572. The van der Waals surface area contributed by atoms with Crippen LogP contribution >= 0.6 is 0 Å². The zero-order valence-corrected chi connectivity index (χ0v) is 12.0. The van der Waals surface area contributed by atoms with Crippen LogP contribution in [0.3, 0.4) is 0 Å². The van der Waals surface area contributed by atoms with E-state index in [2.05, 4.69) is 47.5 Å². The van der Waals surface area contributed by atoms with Gasteiger partial charge in [0.05, 0.1) is 0 Å². The molecule has 1 saturated heterocycles. The third-order valence-electron chi connectivity index (χ3n) is 5.05. The molecule has 2 heteroatoms. The molecule has 0 spiro atoms. The van der Waals surface area contributed by atoms with Crippen LogP contribution in [0.4, 0.5) is 0 Å². The van der Waals surface area contributed by atoms with Gasteiger partial charge in [-0.15, -0.1) is 0 Å². The highest BCUT2D eigenvalue weighted by Gasteiger charge is 2.30. The molecule has 1 aromatic rings. The summed E-state index contributed by atoms with van der Waals surface area (Å²) in [4.78, 5) is 2.72. The average molecular weight is 258 g/mol. The molecule has 2 nitrogen and oxygen atoms in total. The van der Waals surface area contributed by atoms with Gasteiger partial charge in [-0.1, -0.05) is 50.1 Å². The van der Waals surface area contributed by atoms with Crippen molar-refractivity contribution in [3.8, 4) is 0 Å². The van der Waals surface area contributed by atoms with E-state index < -0.39 is 0 Å². The Bertz CT molecular complexity index is 390. The Labute approximate surface area is 117 Å². The molecular formula is C17H26N2. The largest absolute Gasteiger partial charge is 0.314 e. The summed E-state index contributed by atoms with van der Waals surface area (Å²) >= 11 is 0. The quantitative estimate of drug-likeness (QED) is 0.896. The Hall–Kier alpha value is -0.860. The van der Waals surface area contributed by atoms with E-state index in [1.807, 2.05) is 0 Å². The Morgan fingerprint density at radius 2 is 2.05 bits per heavy atom. The summed E-state index contributed by atoms with van der Waals surface area (Å²) in [6.45, 7) is 7.18. The fraction of sp³-hybridized carbons (Fsp3) is 0.647. The van der Waals surface area contributed by atoms with E-state index in [0.717, 1.165) is 24.9 Å². The van der Waals surface area contributed by atoms with Gasteiger partial charge in [-0.2, -0.15) is 0 Å². The van der Waals surface area contributed by atoms with Gasteiger partial charge in [-0.05, 0) is 23.8 Å². The molecule has 1 aliphatic heterocycles. The molecule has 3 atom stereocenters. The minimum Gasteiger partial charge on any atom is -0.314 e. The highest BCUT2D eigenvalue weighted by Crippen LogP contribution is 2.34. The summed E-state index contributed by atoms with van der Waals surface area (Å²) < 4.78 is 0. The number of benzene rings is 1. The molecule has 1 saturated carbocycles. The summed E-state index contributed by atoms with van der Waals surface area (Å²) in [5.41, 5.74) is 1.47. The SMILES string of the molecule is CC1CCCC1CN1CCNCC1c1ccccc1. The summed E-state index contributed by atoms with van der Waals surface area (Å²) in [7, 11) is 0. The molecule has 19 heavy (non-hydrogen) atoms. The van der Waals surface area contributed by atoms with E-state index >= 15 is 0 Å². The summed E-state index contributed by atoms with van der Waals surface area (Å²) in [5, 5.41) is 3.56. The van der Waals surface area contributed by atoms with Crippen LogP contribution in [0.25, 0.3) is 0 Å². The molecule has 0 radical (unpaired) electrons. The van der Waals surface area contributed by atoms with E-state index in [1.165, 1.54) is 37.9 Å². The molecule has 104 valence electrons. The number of piperazine rings is 1. The maximum absolute atomic E-state index is 3.56. The Morgan fingerprint density at radius 3 is 2.79 bits per heavy atom. The van der Waals surface area contributed by atoms with Crippen molar-refractivity contribution in [2.75, 3.05) is 26.2 Å². The predicted octanol–water partition coefficient (Wildman–Crippen LogP) is 3.07. The van der Waals surface area contributed by atoms with Crippen molar-refractivity contribution in [3.05, 3.63) is 35.9 Å². The van der Waals surface area contributed by atoms with Gasteiger partial charge in [0.1, 0.15) is 0 Å². The molecule has 3 rings (SSSR count). The summed E-state index contributed by atoms with van der Waals surface area (Å²) in [6, 6.07) is 11.6. The third-order valence-corrected chi connectivity index (χ3v) is 5.05. The fourth-order valence-electron chi connectivity index (χ4n) is 3.76. The highest BCUT2D eigenvalue weighted by molar-refractivity contribution is 5.20. The lowest BCUT2D eigenvalue weighted by atomic mass is 9.95. The van der Waals surface area contributed by atoms with Crippen LogP contribution in [0.1, 0.15) is 37.8 Å². The van der Waals surface area contributed by atoms with Crippen LogP contribution in [0, 0.1) is 11.8 Å². The summed E-state index contributed by atoms with van der Waals surface area (Å²) in [6.07, 6.45) is 4.31. The molecule has 0 aromatic heterocycles. The van der Waals surface area contributed by atoms with E-state index in [9.17, 15) is 0 Å². The molecule has 1 N–H and O–H groups in total. The van der Waals surface area contributed by atoms with Crippen LogP contribution in [0.15, 0.2) is 30.3 Å². The first-order chi connectivity index (χ1) is 9.34. The lowest BCUT2D eigenvalue weighted by Gasteiger charge is -2.38. The van der Waals surface area contributed by atoms with Crippen molar-refractivity contribution < 1.29 is 0 Å². The molecule has 1 aromatic carbocycles. The molecule has 0 bridgehead atoms. The van der Waals surface area contributed by atoms with Crippen molar-refractivity contribution in [2.45, 2.75) is 32.2 Å². The maximum Gasteiger partial charge on any atom is 0.0473 e. The lowest BCUT2D eigenvalue weighted by Crippen LogP contribution is -2.47. The van der Waals surface area contributed by atoms with E-state index in [4.69, 9.17) is 0 Å². The second-order valence-electron chi connectivity index (χ2n) is 6.29. The Morgan fingerprint density at radius 1 is 1.21 bits per heavy atom. The van der Waals surface area contributed by atoms with E-state index in [1.54, 1.807) is 0 Å². The van der Waals surface area contributed by atoms with Gasteiger partial charge in [0, 0.05) is 32.2 Å². The number of hydrogen-bond donors (Lipinski definition) is 1. The number of rotatable bonds is 3. The third kappa shape index (κ3) is 3.01. The van der Waals surface area contributed by atoms with E-state index in [-0.39, 0.29) is 0 Å². The van der Waals surface area contributed by atoms with Gasteiger partial charge in [-0.3, -0.25) is 4.90 Å². The van der Waals surface area contributed by atoms with Gasteiger partial charge in [-0.25, -0.2) is 0 Å². The first-order valence-corrected chi connectivity index (χ1v) is 7.84. The summed E-state index contributed by atoms with van der Waals surface area (Å²) in [5.74, 6) is 1.84. The van der Waals surface area contributed by atoms with Crippen LogP contribution in [0.2, 0.25) is 0 Å². The van der Waals surface area contributed by atoms with Crippen molar-refractivity contribution in [1.29, 1.82) is 0 Å². The molecule has 1 heterocycles. The van der Waals surface area contributed by atoms with Crippen molar-refractivity contribution in [3.63, 3.8) is 0 Å². The smallest absolute Gasteiger partial charge is 0.0473 e. The van der Waals surface area contributed by atoms with Gasteiger partial charge in [0.2, 0.25) is 0 Å². The monoisotopic (exact) mass is 258 g/mol. The van der Waals surface area contributed by atoms with Gasteiger partial charge >= 0.3 is 0 Å². The van der Waals surface area contributed by atoms with Crippen LogP contribution in [-0.4, -0.2) is 31.1 Å². The van der Waals surface area contributed by atoms with Crippen molar-refractivity contribution in [2.24, 2.45) is 11.8 Å². The zero-order valence-electron chi connectivity index (χ0n) is 12.0. The number of nitrogens with zero attached hydrogens (tertiary/aromatic N) is 1. The van der Waals surface area contributed by atoms with Gasteiger partial charge in [0.25, 0.3) is 0 Å². The Balaban J connectivity index is 1.70. The van der Waals surface area contributed by atoms with Crippen LogP contribution in [0.5, 0.6) is 0 Å². The highest BCUT2D eigenvalue weighted by atomic mass is 15.2. The standard InChI is InChI=1S/C17H26N2/c1-14-6-5-9-16(14)13-19-11-10-18-12-17(19)15-7-3-2-4-8-15/h2-4,7-8,14,16-18H,5-6,9-13H2,1H3. The molecule has 0 amide bonds. The van der Waals surface area contributed by atoms with Crippen LogP contribution in [-0.2, 0) is 0 Å². The van der Waals surface area contributed by atoms with Crippen molar-refractivity contribution >= 4 is 0 Å². The molecule has 2 fully saturated rings. The molecular weight excluding hydrogens is 232 g/mol. The Kier molecular flexibility index (Phi) is 4.19. The normalized spacial score (nSPS) is 32.6. The van der Waals surface area contributed by atoms with Crippen molar-refractivity contribution in [1.82, 2.24) is 10.2 Å². The molecule has 3 unspecified atom stereocenters. The zero-order chi connectivity index (χ0) is 13.1. The fourth-order valence-corrected chi connectivity index (χ4v) is 3.76. The minimum atomic E-state index is 0.572. The lowest BCUT2D eigenvalue weighted by molar-refractivity contribution is 0.127. The van der Waals surface area contributed by atoms with Crippen LogP contribution < -0.4 is 5.32 Å². The second kappa shape index (κ2) is 6.06. The number of nitrogens with one attached hydrogen (secondary N) is 1. The first kappa shape index (κ1) is 13.1. The maximum atomic E-state index is 3.56. The predicted molar refractivity (Wildman–Crippen MR) is 80.1 cm³/mol. The molecule has 2 aliphatic rings. The first-order valence-electron chi connectivity index (χ1n) is 7.84. The van der Waals surface area contributed by atoms with Gasteiger partial charge in [0.15, 0.2) is 0 Å². The second-order valence-corrected chi connectivity index (χ2v) is 6.29.